The van der Waals surface area contributed by atoms with Crippen molar-refractivity contribution >= 4 is 5.97 Å². The minimum Gasteiger partial charge on any atom is -0.480 e. The topological polar surface area (TPSA) is 49.3 Å². The maximum absolute atomic E-state index is 10.8. The van der Waals surface area contributed by atoms with Gasteiger partial charge >= 0.3 is 5.97 Å². The molecule has 1 aliphatic carbocycles. The van der Waals surface area contributed by atoms with Crippen molar-refractivity contribution in [2.45, 2.75) is 52.1 Å². The van der Waals surface area contributed by atoms with Gasteiger partial charge in [0.2, 0.25) is 0 Å². The second-order valence-corrected chi connectivity index (χ2v) is 4.59. The molecule has 0 radical (unpaired) electrons. The van der Waals surface area contributed by atoms with Gasteiger partial charge in [-0.05, 0) is 18.3 Å². The van der Waals surface area contributed by atoms with E-state index in [1.54, 1.807) is 0 Å². The Morgan fingerprint density at radius 1 is 1.69 bits per heavy atom. The number of hydrogen-bond acceptors (Lipinski definition) is 2. The largest absolute Gasteiger partial charge is 0.480 e. The van der Waals surface area contributed by atoms with E-state index in [4.69, 9.17) is 5.11 Å². The molecule has 2 atom stereocenters. The molecule has 3 nitrogen and oxygen atoms in total. The molecular weight excluding hydrogens is 166 g/mol. The fourth-order valence-electron chi connectivity index (χ4n) is 1.56. The van der Waals surface area contributed by atoms with Gasteiger partial charge in [-0.1, -0.05) is 27.2 Å². The van der Waals surface area contributed by atoms with E-state index in [0.29, 0.717) is 11.5 Å². The molecule has 1 rings (SSSR count). The molecule has 3 heteroatoms. The molecule has 1 aliphatic rings. The Hall–Kier alpha value is -0.570. The lowest BCUT2D eigenvalue weighted by atomic mass is 10.1. The molecule has 0 heterocycles. The van der Waals surface area contributed by atoms with Gasteiger partial charge in [0, 0.05) is 6.04 Å². The highest BCUT2D eigenvalue weighted by Gasteiger charge is 2.46. The number of carbonyl (C=O) groups is 1. The van der Waals surface area contributed by atoms with Crippen LogP contribution >= 0.6 is 0 Å². The van der Waals surface area contributed by atoms with Crippen molar-refractivity contribution in [2.75, 3.05) is 0 Å². The average Bonchev–Trinajstić information content (AvgIpc) is 2.58. The average molecular weight is 185 g/mol. The van der Waals surface area contributed by atoms with E-state index in [0.717, 1.165) is 19.3 Å². The Kier molecular flexibility index (Phi) is 2.96. The van der Waals surface area contributed by atoms with Crippen LogP contribution in [0.1, 0.15) is 40.0 Å². The SMILES string of the molecule is CCCC(NC1CC1(C)C)C(=O)O. The molecule has 76 valence electrons. The van der Waals surface area contributed by atoms with Gasteiger partial charge in [-0.15, -0.1) is 0 Å². The zero-order valence-electron chi connectivity index (χ0n) is 8.63. The van der Waals surface area contributed by atoms with Gasteiger partial charge in [0.1, 0.15) is 6.04 Å². The fourth-order valence-corrected chi connectivity index (χ4v) is 1.56. The Balaban J connectivity index is 2.36. The molecule has 2 N–H and O–H groups in total. The summed E-state index contributed by atoms with van der Waals surface area (Å²) in [5, 5.41) is 12.1. The maximum atomic E-state index is 10.8. The lowest BCUT2D eigenvalue weighted by Gasteiger charge is -2.14. The summed E-state index contributed by atoms with van der Waals surface area (Å²) in [6, 6.07) is 0.0527. The van der Waals surface area contributed by atoms with Crippen LogP contribution < -0.4 is 5.32 Å². The van der Waals surface area contributed by atoms with Crippen LogP contribution in [0.4, 0.5) is 0 Å². The van der Waals surface area contributed by atoms with Crippen molar-refractivity contribution in [2.24, 2.45) is 5.41 Å². The van der Waals surface area contributed by atoms with Crippen LogP contribution in [0, 0.1) is 5.41 Å². The summed E-state index contributed by atoms with van der Waals surface area (Å²) in [4.78, 5) is 10.8. The van der Waals surface area contributed by atoms with Crippen molar-refractivity contribution in [3.63, 3.8) is 0 Å². The molecule has 1 saturated carbocycles. The highest BCUT2D eigenvalue weighted by Crippen LogP contribution is 2.44. The second kappa shape index (κ2) is 3.66. The third-order valence-corrected chi connectivity index (χ3v) is 2.79. The van der Waals surface area contributed by atoms with Crippen LogP contribution in [-0.2, 0) is 4.79 Å². The molecule has 2 unspecified atom stereocenters. The Bertz CT molecular complexity index is 201. The molecule has 0 spiro atoms. The molecule has 0 aromatic heterocycles. The minimum absolute atomic E-state index is 0.307. The summed E-state index contributed by atoms with van der Waals surface area (Å²) in [5.41, 5.74) is 0.307. The Morgan fingerprint density at radius 3 is 2.54 bits per heavy atom. The number of aliphatic carboxylic acids is 1. The molecule has 0 saturated heterocycles. The highest BCUT2D eigenvalue weighted by atomic mass is 16.4. The minimum atomic E-state index is -0.718. The predicted molar refractivity (Wildman–Crippen MR) is 51.7 cm³/mol. The predicted octanol–water partition coefficient (Wildman–Crippen LogP) is 1.63. The summed E-state index contributed by atoms with van der Waals surface area (Å²) in [6.07, 6.45) is 2.74. The Labute approximate surface area is 79.5 Å². The first kappa shape index (κ1) is 10.5. The van der Waals surface area contributed by atoms with E-state index in [1.807, 2.05) is 6.92 Å². The summed E-state index contributed by atoms with van der Waals surface area (Å²) in [5.74, 6) is -0.718. The first-order valence-electron chi connectivity index (χ1n) is 4.96. The van der Waals surface area contributed by atoms with Gasteiger partial charge in [-0.3, -0.25) is 4.79 Å². The fraction of sp³-hybridized carbons (Fsp3) is 0.900. The maximum Gasteiger partial charge on any atom is 0.320 e. The normalized spacial score (nSPS) is 26.8. The van der Waals surface area contributed by atoms with Gasteiger partial charge in [-0.2, -0.15) is 0 Å². The molecule has 0 aliphatic heterocycles. The van der Waals surface area contributed by atoms with Crippen LogP contribution in [0.25, 0.3) is 0 Å². The molecule has 0 bridgehead atoms. The van der Waals surface area contributed by atoms with E-state index in [-0.39, 0.29) is 6.04 Å². The molecule has 0 aromatic carbocycles. The standard InChI is InChI=1S/C10H19NO2/c1-4-5-7(9(12)13)11-8-6-10(8,2)3/h7-8,11H,4-6H2,1-3H3,(H,12,13). The van der Waals surface area contributed by atoms with Gasteiger partial charge < -0.3 is 10.4 Å². The molecule has 1 fully saturated rings. The van der Waals surface area contributed by atoms with Gasteiger partial charge in [0.15, 0.2) is 0 Å². The van der Waals surface area contributed by atoms with Crippen molar-refractivity contribution < 1.29 is 9.90 Å². The zero-order valence-corrected chi connectivity index (χ0v) is 8.63. The van der Waals surface area contributed by atoms with Crippen molar-refractivity contribution in [1.82, 2.24) is 5.32 Å². The lowest BCUT2D eigenvalue weighted by molar-refractivity contribution is -0.139. The quantitative estimate of drug-likeness (QED) is 0.684. The van der Waals surface area contributed by atoms with Crippen LogP contribution in [0.2, 0.25) is 0 Å². The van der Waals surface area contributed by atoms with E-state index >= 15 is 0 Å². The number of rotatable bonds is 5. The zero-order chi connectivity index (χ0) is 10.1. The number of carboxylic acid groups (broad SMARTS) is 1. The summed E-state index contributed by atoms with van der Waals surface area (Å²) in [7, 11) is 0. The Morgan fingerprint density at radius 2 is 2.23 bits per heavy atom. The highest BCUT2D eigenvalue weighted by molar-refractivity contribution is 5.73. The number of nitrogens with one attached hydrogen (secondary N) is 1. The van der Waals surface area contributed by atoms with E-state index in [2.05, 4.69) is 19.2 Å². The molecular formula is C10H19NO2. The third kappa shape index (κ3) is 2.69. The van der Waals surface area contributed by atoms with Crippen molar-refractivity contribution in [3.05, 3.63) is 0 Å². The summed E-state index contributed by atoms with van der Waals surface area (Å²) in [6.45, 7) is 6.33. The molecule has 13 heavy (non-hydrogen) atoms. The summed E-state index contributed by atoms with van der Waals surface area (Å²) >= 11 is 0. The smallest absolute Gasteiger partial charge is 0.320 e. The monoisotopic (exact) mass is 185 g/mol. The van der Waals surface area contributed by atoms with Crippen LogP contribution in [0.15, 0.2) is 0 Å². The van der Waals surface area contributed by atoms with Gasteiger partial charge in [0.05, 0.1) is 0 Å². The first-order chi connectivity index (χ1) is 5.97. The van der Waals surface area contributed by atoms with E-state index in [1.165, 1.54) is 0 Å². The molecule has 0 amide bonds. The number of hydrogen-bond donors (Lipinski definition) is 2. The molecule has 0 aromatic rings. The van der Waals surface area contributed by atoms with Crippen LogP contribution in [-0.4, -0.2) is 23.2 Å². The lowest BCUT2D eigenvalue weighted by Crippen LogP contribution is -2.39. The van der Waals surface area contributed by atoms with E-state index in [9.17, 15) is 4.79 Å². The van der Waals surface area contributed by atoms with Gasteiger partial charge in [-0.25, -0.2) is 0 Å². The van der Waals surface area contributed by atoms with Crippen LogP contribution in [0.3, 0.4) is 0 Å². The van der Waals surface area contributed by atoms with Crippen molar-refractivity contribution in [1.29, 1.82) is 0 Å². The van der Waals surface area contributed by atoms with Crippen molar-refractivity contribution in [3.8, 4) is 0 Å². The van der Waals surface area contributed by atoms with E-state index < -0.39 is 5.97 Å². The van der Waals surface area contributed by atoms with Gasteiger partial charge in [0.25, 0.3) is 0 Å². The third-order valence-electron chi connectivity index (χ3n) is 2.79. The second-order valence-electron chi connectivity index (χ2n) is 4.59. The number of carboxylic acids is 1. The van der Waals surface area contributed by atoms with Crippen LogP contribution in [0.5, 0.6) is 0 Å². The summed E-state index contributed by atoms with van der Waals surface area (Å²) < 4.78 is 0. The first-order valence-corrected chi connectivity index (χ1v) is 4.96.